The molecule has 1 unspecified atom stereocenters. The lowest BCUT2D eigenvalue weighted by Gasteiger charge is -2.18. The Hall–Kier alpha value is -1.43. The highest BCUT2D eigenvalue weighted by Gasteiger charge is 2.18. The summed E-state index contributed by atoms with van der Waals surface area (Å²) in [5, 5.41) is 13.7. The number of carbonyl (C=O) groups is 1. The van der Waals surface area contributed by atoms with E-state index in [1.54, 1.807) is 11.7 Å². The SMILES string of the molecule is CNC(=O)C(CC(C)C)NCc1cn(C)nn1. The molecule has 2 N–H and O–H groups in total. The summed E-state index contributed by atoms with van der Waals surface area (Å²) in [5.41, 5.74) is 0.838. The Labute approximate surface area is 102 Å². The molecule has 1 atom stereocenters. The molecule has 1 amide bonds. The second-order valence-corrected chi connectivity index (χ2v) is 4.56. The Kier molecular flexibility index (Phi) is 5.09. The van der Waals surface area contributed by atoms with Crippen molar-refractivity contribution < 1.29 is 4.79 Å². The molecule has 6 heteroatoms. The maximum Gasteiger partial charge on any atom is 0.236 e. The third kappa shape index (κ3) is 4.52. The monoisotopic (exact) mass is 239 g/mol. The Bertz CT molecular complexity index is 360. The number of aryl methyl sites for hydroxylation is 1. The molecule has 0 saturated heterocycles. The molecule has 1 aromatic rings. The minimum absolute atomic E-state index is 0.0163. The number of amides is 1. The first-order valence-electron chi connectivity index (χ1n) is 5.83. The Morgan fingerprint density at radius 1 is 1.53 bits per heavy atom. The van der Waals surface area contributed by atoms with Crippen LogP contribution < -0.4 is 10.6 Å². The molecular formula is C11H21N5O. The Morgan fingerprint density at radius 3 is 2.71 bits per heavy atom. The molecule has 17 heavy (non-hydrogen) atoms. The lowest BCUT2D eigenvalue weighted by atomic mass is 10.0. The molecule has 96 valence electrons. The van der Waals surface area contributed by atoms with E-state index in [9.17, 15) is 4.79 Å². The smallest absolute Gasteiger partial charge is 0.236 e. The van der Waals surface area contributed by atoms with Gasteiger partial charge in [-0.25, -0.2) is 0 Å². The first-order valence-corrected chi connectivity index (χ1v) is 5.83. The lowest BCUT2D eigenvalue weighted by molar-refractivity contribution is -0.123. The van der Waals surface area contributed by atoms with Crippen molar-refractivity contribution in [1.29, 1.82) is 0 Å². The van der Waals surface area contributed by atoms with Gasteiger partial charge in [0, 0.05) is 26.8 Å². The van der Waals surface area contributed by atoms with Crippen LogP contribution >= 0.6 is 0 Å². The predicted molar refractivity (Wildman–Crippen MR) is 65.2 cm³/mol. The topological polar surface area (TPSA) is 71.8 Å². The van der Waals surface area contributed by atoms with Crippen LogP contribution in [0.2, 0.25) is 0 Å². The van der Waals surface area contributed by atoms with Gasteiger partial charge in [0.25, 0.3) is 0 Å². The molecule has 0 radical (unpaired) electrons. The number of nitrogens with one attached hydrogen (secondary N) is 2. The molecule has 0 aliphatic heterocycles. The van der Waals surface area contributed by atoms with Crippen LogP contribution in [-0.2, 0) is 18.4 Å². The molecular weight excluding hydrogens is 218 g/mol. The zero-order valence-corrected chi connectivity index (χ0v) is 10.9. The molecule has 0 saturated carbocycles. The fourth-order valence-electron chi connectivity index (χ4n) is 1.63. The fraction of sp³-hybridized carbons (Fsp3) is 0.727. The van der Waals surface area contributed by atoms with Gasteiger partial charge in [-0.15, -0.1) is 5.10 Å². The summed E-state index contributed by atoms with van der Waals surface area (Å²) in [7, 11) is 3.47. The van der Waals surface area contributed by atoms with Gasteiger partial charge in [-0.3, -0.25) is 9.48 Å². The van der Waals surface area contributed by atoms with Gasteiger partial charge >= 0.3 is 0 Å². The highest BCUT2D eigenvalue weighted by atomic mass is 16.2. The molecule has 1 heterocycles. The summed E-state index contributed by atoms with van der Waals surface area (Å²) in [6, 6.07) is -0.179. The van der Waals surface area contributed by atoms with E-state index in [0.717, 1.165) is 12.1 Å². The standard InChI is InChI=1S/C11H21N5O/c1-8(2)5-10(11(17)12-3)13-6-9-7-16(4)15-14-9/h7-8,10,13H,5-6H2,1-4H3,(H,12,17). The molecule has 6 nitrogen and oxygen atoms in total. The predicted octanol–water partition coefficient (Wildman–Crippen LogP) is 0.0654. The van der Waals surface area contributed by atoms with Crippen LogP contribution in [0.15, 0.2) is 6.20 Å². The molecule has 0 aliphatic carbocycles. The molecule has 0 aromatic carbocycles. The highest BCUT2D eigenvalue weighted by Crippen LogP contribution is 2.05. The van der Waals surface area contributed by atoms with E-state index in [-0.39, 0.29) is 11.9 Å². The van der Waals surface area contributed by atoms with Crippen molar-refractivity contribution in [2.24, 2.45) is 13.0 Å². The van der Waals surface area contributed by atoms with Gasteiger partial charge in [0.15, 0.2) is 0 Å². The van der Waals surface area contributed by atoms with E-state index >= 15 is 0 Å². The maximum absolute atomic E-state index is 11.7. The van der Waals surface area contributed by atoms with Gasteiger partial charge in [-0.2, -0.15) is 0 Å². The number of hydrogen-bond donors (Lipinski definition) is 2. The zero-order chi connectivity index (χ0) is 12.8. The minimum atomic E-state index is -0.179. The average Bonchev–Trinajstić information content (AvgIpc) is 2.68. The summed E-state index contributed by atoms with van der Waals surface area (Å²) in [4.78, 5) is 11.7. The quantitative estimate of drug-likeness (QED) is 0.736. The first kappa shape index (κ1) is 13.6. The van der Waals surface area contributed by atoms with Crippen molar-refractivity contribution in [2.75, 3.05) is 7.05 Å². The summed E-state index contributed by atoms with van der Waals surface area (Å²) >= 11 is 0. The molecule has 0 aliphatic rings. The van der Waals surface area contributed by atoms with Gasteiger partial charge in [0.05, 0.1) is 11.7 Å². The summed E-state index contributed by atoms with van der Waals surface area (Å²) in [6.07, 6.45) is 2.64. The zero-order valence-electron chi connectivity index (χ0n) is 10.9. The van der Waals surface area contributed by atoms with E-state index < -0.39 is 0 Å². The largest absolute Gasteiger partial charge is 0.358 e. The van der Waals surface area contributed by atoms with Crippen molar-refractivity contribution in [3.05, 3.63) is 11.9 Å². The molecule has 0 bridgehead atoms. The van der Waals surface area contributed by atoms with E-state index in [2.05, 4.69) is 34.8 Å². The molecule has 0 spiro atoms. The number of carbonyl (C=O) groups excluding carboxylic acids is 1. The van der Waals surface area contributed by atoms with E-state index in [1.165, 1.54) is 0 Å². The van der Waals surface area contributed by atoms with Crippen LogP contribution in [0.4, 0.5) is 0 Å². The number of likely N-dealkylation sites (N-methyl/N-ethyl adjacent to an activating group) is 1. The third-order valence-corrected chi connectivity index (χ3v) is 2.45. The Balaban J connectivity index is 2.51. The van der Waals surface area contributed by atoms with E-state index in [0.29, 0.717) is 12.5 Å². The van der Waals surface area contributed by atoms with Crippen LogP contribution in [0.5, 0.6) is 0 Å². The molecule has 0 fully saturated rings. The van der Waals surface area contributed by atoms with Gasteiger partial charge in [-0.05, 0) is 12.3 Å². The average molecular weight is 239 g/mol. The summed E-state index contributed by atoms with van der Waals surface area (Å²) in [6.45, 7) is 4.75. The second-order valence-electron chi connectivity index (χ2n) is 4.56. The van der Waals surface area contributed by atoms with Crippen molar-refractivity contribution >= 4 is 5.91 Å². The number of hydrogen-bond acceptors (Lipinski definition) is 4. The normalized spacial score (nSPS) is 12.8. The molecule has 1 aromatic heterocycles. The summed E-state index contributed by atoms with van der Waals surface area (Å²) < 4.78 is 1.65. The van der Waals surface area contributed by atoms with Crippen LogP contribution in [0.25, 0.3) is 0 Å². The van der Waals surface area contributed by atoms with Crippen LogP contribution in [0, 0.1) is 5.92 Å². The van der Waals surface area contributed by atoms with Crippen LogP contribution in [-0.4, -0.2) is 34.0 Å². The van der Waals surface area contributed by atoms with Crippen molar-refractivity contribution in [3.8, 4) is 0 Å². The van der Waals surface area contributed by atoms with Gasteiger partial charge in [0.1, 0.15) is 0 Å². The molecule has 1 rings (SSSR count). The minimum Gasteiger partial charge on any atom is -0.358 e. The lowest BCUT2D eigenvalue weighted by Crippen LogP contribution is -2.43. The fourth-order valence-corrected chi connectivity index (χ4v) is 1.63. The van der Waals surface area contributed by atoms with E-state index in [4.69, 9.17) is 0 Å². The number of rotatable bonds is 6. The van der Waals surface area contributed by atoms with Crippen molar-refractivity contribution in [3.63, 3.8) is 0 Å². The Morgan fingerprint density at radius 2 is 2.24 bits per heavy atom. The number of nitrogens with zero attached hydrogens (tertiary/aromatic N) is 3. The van der Waals surface area contributed by atoms with Crippen LogP contribution in [0.1, 0.15) is 26.0 Å². The highest BCUT2D eigenvalue weighted by molar-refractivity contribution is 5.81. The summed E-state index contributed by atoms with van der Waals surface area (Å²) in [5.74, 6) is 0.481. The first-order chi connectivity index (χ1) is 8.02. The van der Waals surface area contributed by atoms with Gasteiger partial charge in [-0.1, -0.05) is 19.1 Å². The second kappa shape index (κ2) is 6.34. The van der Waals surface area contributed by atoms with Gasteiger partial charge in [0.2, 0.25) is 5.91 Å². The van der Waals surface area contributed by atoms with Crippen molar-refractivity contribution in [1.82, 2.24) is 25.6 Å². The van der Waals surface area contributed by atoms with Crippen LogP contribution in [0.3, 0.4) is 0 Å². The van der Waals surface area contributed by atoms with Gasteiger partial charge < -0.3 is 10.6 Å². The third-order valence-electron chi connectivity index (χ3n) is 2.45. The maximum atomic E-state index is 11.7. The van der Waals surface area contributed by atoms with E-state index in [1.807, 2.05) is 13.2 Å². The van der Waals surface area contributed by atoms with Crippen molar-refractivity contribution in [2.45, 2.75) is 32.9 Å². The number of aromatic nitrogens is 3.